The van der Waals surface area contributed by atoms with E-state index in [1.807, 2.05) is 24.5 Å². The lowest BCUT2D eigenvalue weighted by Gasteiger charge is -2.27. The summed E-state index contributed by atoms with van der Waals surface area (Å²) in [5.41, 5.74) is 7.51. The summed E-state index contributed by atoms with van der Waals surface area (Å²) in [5.74, 6) is 0.0878. The zero-order valence-electron chi connectivity index (χ0n) is 12.3. The van der Waals surface area contributed by atoms with E-state index in [1.165, 1.54) is 0 Å². The van der Waals surface area contributed by atoms with E-state index in [0.29, 0.717) is 13.2 Å². The van der Waals surface area contributed by atoms with Crippen LogP contribution in [0.25, 0.3) is 0 Å². The lowest BCUT2D eigenvalue weighted by molar-refractivity contribution is 0.190. The number of nitrogens with one attached hydrogen (secondary N) is 1. The molecule has 0 atom stereocenters. The number of nitrogen functional groups attached to an aromatic ring is 1. The number of thioether (sulfide) groups is 1. The Bertz CT molecular complexity index is 432. The first-order chi connectivity index (χ1) is 9.65. The van der Waals surface area contributed by atoms with Crippen LogP contribution < -0.4 is 10.6 Å². The van der Waals surface area contributed by atoms with Crippen LogP contribution in [0.2, 0.25) is 0 Å². The number of nitrogens with two attached hydrogens (primary N) is 1. The molecular weight excluding hydrogens is 274 g/mol. The molecule has 3 N–H and O–H groups in total. The van der Waals surface area contributed by atoms with E-state index in [-0.39, 0.29) is 5.84 Å². The van der Waals surface area contributed by atoms with Crippen molar-refractivity contribution in [2.75, 3.05) is 51.7 Å². The summed E-state index contributed by atoms with van der Waals surface area (Å²) in [7, 11) is 3.36. The van der Waals surface area contributed by atoms with Crippen LogP contribution in [-0.4, -0.2) is 52.6 Å². The minimum absolute atomic E-state index is 0.0878. The average Bonchev–Trinajstić information content (AvgIpc) is 2.46. The number of benzene rings is 1. The van der Waals surface area contributed by atoms with E-state index in [4.69, 9.17) is 20.6 Å². The molecule has 0 saturated carbocycles. The summed E-state index contributed by atoms with van der Waals surface area (Å²) >= 11 is 1.59. The maximum Gasteiger partial charge on any atom is 0.126 e. The molecule has 20 heavy (non-hydrogen) atoms. The van der Waals surface area contributed by atoms with Gasteiger partial charge in [0.15, 0.2) is 0 Å². The first-order valence-electron chi connectivity index (χ1n) is 6.39. The molecule has 1 rings (SSSR count). The number of hydrogen-bond acceptors (Lipinski definition) is 5. The van der Waals surface area contributed by atoms with Crippen molar-refractivity contribution in [3.63, 3.8) is 0 Å². The third-order valence-corrected chi connectivity index (χ3v) is 3.74. The van der Waals surface area contributed by atoms with Crippen molar-refractivity contribution in [3.05, 3.63) is 23.8 Å². The molecule has 112 valence electrons. The summed E-state index contributed by atoms with van der Waals surface area (Å²) in [4.78, 5) is 3.15. The largest absolute Gasteiger partial charge is 0.384 e. The quantitative estimate of drug-likeness (QED) is 0.413. The van der Waals surface area contributed by atoms with Crippen LogP contribution in [0, 0.1) is 5.41 Å². The van der Waals surface area contributed by atoms with E-state index in [0.717, 1.165) is 29.2 Å². The molecule has 0 spiro atoms. The molecule has 1 aromatic rings. The Morgan fingerprint density at radius 3 is 2.30 bits per heavy atom. The first-order valence-corrected chi connectivity index (χ1v) is 7.62. The Morgan fingerprint density at radius 1 is 1.25 bits per heavy atom. The Hall–Kier alpha value is -1.24. The van der Waals surface area contributed by atoms with Crippen LogP contribution in [0.5, 0.6) is 0 Å². The van der Waals surface area contributed by atoms with Crippen molar-refractivity contribution in [1.29, 1.82) is 5.41 Å². The Balaban J connectivity index is 3.13. The van der Waals surface area contributed by atoms with Gasteiger partial charge in [0.25, 0.3) is 0 Å². The maximum atomic E-state index is 7.84. The van der Waals surface area contributed by atoms with Gasteiger partial charge in [0.05, 0.1) is 18.8 Å². The van der Waals surface area contributed by atoms with Crippen molar-refractivity contribution in [2.24, 2.45) is 5.73 Å². The molecule has 6 heteroatoms. The molecule has 0 heterocycles. The van der Waals surface area contributed by atoms with E-state index in [1.54, 1.807) is 26.0 Å². The average molecular weight is 297 g/mol. The Morgan fingerprint density at radius 2 is 1.85 bits per heavy atom. The highest BCUT2D eigenvalue weighted by Crippen LogP contribution is 2.29. The molecule has 1 aromatic carbocycles. The van der Waals surface area contributed by atoms with Gasteiger partial charge in [-0.05, 0) is 18.4 Å². The van der Waals surface area contributed by atoms with Gasteiger partial charge in [-0.1, -0.05) is 6.07 Å². The number of anilines is 1. The second-order valence-corrected chi connectivity index (χ2v) is 5.09. The molecule has 0 aliphatic rings. The number of amidine groups is 1. The van der Waals surface area contributed by atoms with Crippen LogP contribution in [0.15, 0.2) is 23.1 Å². The molecule has 0 aliphatic carbocycles. The summed E-state index contributed by atoms with van der Waals surface area (Å²) in [5, 5.41) is 7.84. The van der Waals surface area contributed by atoms with Crippen LogP contribution in [0.4, 0.5) is 5.69 Å². The lowest BCUT2D eigenvalue weighted by atomic mass is 10.1. The summed E-state index contributed by atoms with van der Waals surface area (Å²) in [6, 6.07) is 5.96. The standard InChI is InChI=1S/C14H23N3O2S/c1-18-9-7-17(8-10-19-2)11-5-4-6-12(20-3)13(11)14(15)16/h4-6H,7-10H2,1-3H3,(H3,15,16). The van der Waals surface area contributed by atoms with Gasteiger partial charge in [0.2, 0.25) is 0 Å². The number of hydrogen-bond donors (Lipinski definition) is 2. The van der Waals surface area contributed by atoms with Gasteiger partial charge < -0.3 is 20.1 Å². The van der Waals surface area contributed by atoms with Gasteiger partial charge in [-0.15, -0.1) is 11.8 Å². The zero-order chi connectivity index (χ0) is 15.0. The van der Waals surface area contributed by atoms with E-state index in [2.05, 4.69) is 4.90 Å². The van der Waals surface area contributed by atoms with Crippen molar-refractivity contribution in [2.45, 2.75) is 4.90 Å². The minimum atomic E-state index is 0.0878. The normalized spacial score (nSPS) is 10.6. The van der Waals surface area contributed by atoms with Crippen LogP contribution in [-0.2, 0) is 9.47 Å². The van der Waals surface area contributed by atoms with Crippen LogP contribution in [0.3, 0.4) is 0 Å². The molecule has 0 radical (unpaired) electrons. The zero-order valence-corrected chi connectivity index (χ0v) is 13.1. The van der Waals surface area contributed by atoms with Gasteiger partial charge in [-0.25, -0.2) is 0 Å². The predicted molar refractivity (Wildman–Crippen MR) is 85.2 cm³/mol. The minimum Gasteiger partial charge on any atom is -0.384 e. The van der Waals surface area contributed by atoms with Gasteiger partial charge in [0.1, 0.15) is 5.84 Å². The molecule has 0 aliphatic heterocycles. The monoisotopic (exact) mass is 297 g/mol. The highest BCUT2D eigenvalue weighted by Gasteiger charge is 2.16. The summed E-state index contributed by atoms with van der Waals surface area (Å²) in [6.07, 6.45) is 1.99. The molecule has 0 amide bonds. The summed E-state index contributed by atoms with van der Waals surface area (Å²) < 4.78 is 10.3. The number of ether oxygens (including phenoxy) is 2. The van der Waals surface area contributed by atoms with Crippen molar-refractivity contribution >= 4 is 23.3 Å². The molecule has 0 aromatic heterocycles. The van der Waals surface area contributed by atoms with Crippen molar-refractivity contribution in [3.8, 4) is 0 Å². The third-order valence-electron chi connectivity index (χ3n) is 2.96. The fourth-order valence-corrected chi connectivity index (χ4v) is 2.61. The lowest BCUT2D eigenvalue weighted by Crippen LogP contribution is -2.32. The molecule has 0 fully saturated rings. The topological polar surface area (TPSA) is 71.6 Å². The fraction of sp³-hybridized carbons (Fsp3) is 0.500. The van der Waals surface area contributed by atoms with Crippen molar-refractivity contribution in [1.82, 2.24) is 0 Å². The Labute approximate surface area is 124 Å². The van der Waals surface area contributed by atoms with Gasteiger partial charge in [-0.2, -0.15) is 0 Å². The first kappa shape index (κ1) is 16.8. The number of methoxy groups -OCH3 is 2. The molecule has 0 bridgehead atoms. The van der Waals surface area contributed by atoms with Crippen LogP contribution in [0.1, 0.15) is 5.56 Å². The smallest absolute Gasteiger partial charge is 0.126 e. The number of rotatable bonds is 9. The molecular formula is C14H23N3O2S. The van der Waals surface area contributed by atoms with Gasteiger partial charge >= 0.3 is 0 Å². The van der Waals surface area contributed by atoms with E-state index in [9.17, 15) is 0 Å². The van der Waals surface area contributed by atoms with Crippen LogP contribution >= 0.6 is 11.8 Å². The molecule has 0 saturated heterocycles. The second-order valence-electron chi connectivity index (χ2n) is 4.24. The highest BCUT2D eigenvalue weighted by atomic mass is 32.2. The Kier molecular flexibility index (Phi) is 7.43. The van der Waals surface area contributed by atoms with Crippen molar-refractivity contribution < 1.29 is 9.47 Å². The third kappa shape index (κ3) is 4.40. The number of nitrogens with zero attached hydrogens (tertiary/aromatic N) is 1. The maximum absolute atomic E-state index is 7.84. The van der Waals surface area contributed by atoms with E-state index >= 15 is 0 Å². The highest BCUT2D eigenvalue weighted by molar-refractivity contribution is 7.98. The summed E-state index contributed by atoms with van der Waals surface area (Å²) in [6.45, 7) is 2.70. The second kappa shape index (κ2) is 8.84. The van der Waals surface area contributed by atoms with E-state index < -0.39 is 0 Å². The van der Waals surface area contributed by atoms with Gasteiger partial charge in [0, 0.05) is 37.9 Å². The predicted octanol–water partition coefficient (Wildman–Crippen LogP) is 1.79. The van der Waals surface area contributed by atoms with Gasteiger partial charge in [-0.3, -0.25) is 5.41 Å². The SMILES string of the molecule is COCCN(CCOC)c1cccc(SC)c1C(=N)N. The molecule has 0 unspecified atom stereocenters. The molecule has 5 nitrogen and oxygen atoms in total. The fourth-order valence-electron chi connectivity index (χ4n) is 1.98.